The zero-order chi connectivity index (χ0) is 20.9. The summed E-state index contributed by atoms with van der Waals surface area (Å²) in [4.78, 5) is 26.3. The van der Waals surface area contributed by atoms with Crippen LogP contribution in [0.25, 0.3) is 0 Å². The molecule has 2 saturated heterocycles. The topological polar surface area (TPSA) is 84.0 Å². The Balaban J connectivity index is 1.47. The van der Waals surface area contributed by atoms with Crippen LogP contribution in [0, 0.1) is 11.7 Å². The summed E-state index contributed by atoms with van der Waals surface area (Å²) in [5.41, 5.74) is 0. The van der Waals surface area contributed by atoms with Gasteiger partial charge in [-0.05, 0) is 49.9 Å². The summed E-state index contributed by atoms with van der Waals surface area (Å²) >= 11 is 0. The summed E-state index contributed by atoms with van der Waals surface area (Å²) in [5.74, 6) is -1.55. The lowest BCUT2D eigenvalue weighted by atomic mass is 9.98. The SMILES string of the molecule is O=C(OCC(=O)N1CCCCCC1)C1CCN(S(=O)(=O)c2ccc(F)cc2)CC1. The van der Waals surface area contributed by atoms with E-state index in [1.54, 1.807) is 4.90 Å². The van der Waals surface area contributed by atoms with Crippen LogP contribution in [0.5, 0.6) is 0 Å². The van der Waals surface area contributed by atoms with Gasteiger partial charge in [-0.1, -0.05) is 12.8 Å². The van der Waals surface area contributed by atoms with Gasteiger partial charge in [0, 0.05) is 26.2 Å². The number of hydrogen-bond acceptors (Lipinski definition) is 5. The number of amides is 1. The maximum absolute atomic E-state index is 13.0. The molecule has 3 rings (SSSR count). The summed E-state index contributed by atoms with van der Waals surface area (Å²) in [7, 11) is -3.72. The molecular formula is C20H27FN2O5S. The molecule has 160 valence electrons. The molecule has 2 heterocycles. The zero-order valence-corrected chi connectivity index (χ0v) is 17.2. The van der Waals surface area contributed by atoms with Crippen molar-refractivity contribution in [1.82, 2.24) is 9.21 Å². The van der Waals surface area contributed by atoms with Crippen LogP contribution in [-0.4, -0.2) is 62.3 Å². The monoisotopic (exact) mass is 426 g/mol. The van der Waals surface area contributed by atoms with Crippen LogP contribution in [0.15, 0.2) is 29.2 Å². The number of halogens is 1. The van der Waals surface area contributed by atoms with Gasteiger partial charge in [0.05, 0.1) is 10.8 Å². The fraction of sp³-hybridized carbons (Fsp3) is 0.600. The van der Waals surface area contributed by atoms with Gasteiger partial charge in [0.1, 0.15) is 5.82 Å². The molecule has 0 atom stereocenters. The van der Waals surface area contributed by atoms with E-state index in [2.05, 4.69) is 0 Å². The molecule has 1 amide bonds. The third kappa shape index (κ3) is 5.54. The first-order valence-electron chi connectivity index (χ1n) is 10.1. The number of carbonyl (C=O) groups excluding carboxylic acids is 2. The van der Waals surface area contributed by atoms with Gasteiger partial charge < -0.3 is 9.64 Å². The third-order valence-corrected chi connectivity index (χ3v) is 7.45. The number of benzene rings is 1. The lowest BCUT2D eigenvalue weighted by molar-refractivity contribution is -0.156. The van der Waals surface area contributed by atoms with Gasteiger partial charge in [0.25, 0.3) is 5.91 Å². The Bertz CT molecular complexity index is 812. The van der Waals surface area contributed by atoms with Crippen molar-refractivity contribution in [2.24, 2.45) is 5.92 Å². The minimum atomic E-state index is -3.72. The second-order valence-corrected chi connectivity index (χ2v) is 9.47. The first-order chi connectivity index (χ1) is 13.9. The molecule has 0 aromatic heterocycles. The molecule has 0 radical (unpaired) electrons. The lowest BCUT2D eigenvalue weighted by Gasteiger charge is -2.30. The number of hydrogen-bond donors (Lipinski definition) is 0. The highest BCUT2D eigenvalue weighted by atomic mass is 32.2. The van der Waals surface area contributed by atoms with Crippen molar-refractivity contribution in [2.75, 3.05) is 32.8 Å². The number of esters is 1. The summed E-state index contributed by atoms with van der Waals surface area (Å²) in [6.07, 6.45) is 4.83. The number of sulfonamides is 1. The minimum absolute atomic E-state index is 0.0305. The molecule has 0 bridgehead atoms. The predicted octanol–water partition coefficient (Wildman–Crippen LogP) is 2.17. The molecular weight excluding hydrogens is 399 g/mol. The smallest absolute Gasteiger partial charge is 0.309 e. The van der Waals surface area contributed by atoms with E-state index in [0.29, 0.717) is 25.9 Å². The Morgan fingerprint density at radius 3 is 2.14 bits per heavy atom. The van der Waals surface area contributed by atoms with E-state index in [0.717, 1.165) is 37.8 Å². The highest BCUT2D eigenvalue weighted by molar-refractivity contribution is 7.89. The van der Waals surface area contributed by atoms with Gasteiger partial charge in [-0.15, -0.1) is 0 Å². The maximum Gasteiger partial charge on any atom is 0.309 e. The molecule has 1 aromatic rings. The van der Waals surface area contributed by atoms with Crippen molar-refractivity contribution in [3.05, 3.63) is 30.1 Å². The van der Waals surface area contributed by atoms with Crippen LogP contribution in [-0.2, 0) is 24.3 Å². The number of piperidine rings is 1. The van der Waals surface area contributed by atoms with Gasteiger partial charge in [0.2, 0.25) is 10.0 Å². The lowest BCUT2D eigenvalue weighted by Crippen LogP contribution is -2.41. The van der Waals surface area contributed by atoms with Gasteiger partial charge in [0.15, 0.2) is 6.61 Å². The number of ether oxygens (including phenoxy) is 1. The van der Waals surface area contributed by atoms with E-state index in [-0.39, 0.29) is 30.5 Å². The van der Waals surface area contributed by atoms with E-state index in [4.69, 9.17) is 4.74 Å². The van der Waals surface area contributed by atoms with E-state index in [1.807, 2.05) is 0 Å². The summed E-state index contributed by atoms with van der Waals surface area (Å²) in [6, 6.07) is 4.69. The van der Waals surface area contributed by atoms with Crippen molar-refractivity contribution in [1.29, 1.82) is 0 Å². The highest BCUT2D eigenvalue weighted by Gasteiger charge is 2.33. The second-order valence-electron chi connectivity index (χ2n) is 7.53. The van der Waals surface area contributed by atoms with Gasteiger partial charge in [-0.25, -0.2) is 12.8 Å². The van der Waals surface area contributed by atoms with Crippen LogP contribution in [0.2, 0.25) is 0 Å². The molecule has 0 saturated carbocycles. The quantitative estimate of drug-likeness (QED) is 0.674. The molecule has 2 aliphatic heterocycles. The molecule has 0 aliphatic carbocycles. The molecule has 9 heteroatoms. The number of likely N-dealkylation sites (tertiary alicyclic amines) is 1. The fourth-order valence-electron chi connectivity index (χ4n) is 3.75. The number of nitrogens with zero attached hydrogens (tertiary/aromatic N) is 2. The molecule has 7 nitrogen and oxygen atoms in total. The first kappa shape index (κ1) is 21.7. The van der Waals surface area contributed by atoms with Crippen LogP contribution >= 0.6 is 0 Å². The standard InChI is InChI=1S/C20H27FN2O5S/c21-17-5-7-18(8-6-17)29(26,27)23-13-9-16(10-14-23)20(25)28-15-19(24)22-11-3-1-2-4-12-22/h5-8,16H,1-4,9-15H2. The Morgan fingerprint density at radius 1 is 0.966 bits per heavy atom. The Kier molecular flexibility index (Phi) is 7.23. The molecule has 29 heavy (non-hydrogen) atoms. The molecule has 0 unspecified atom stereocenters. The van der Waals surface area contributed by atoms with E-state index in [9.17, 15) is 22.4 Å². The van der Waals surface area contributed by atoms with Gasteiger partial charge in [-0.2, -0.15) is 4.31 Å². The summed E-state index contributed by atoms with van der Waals surface area (Å²) in [6.45, 7) is 1.51. The van der Waals surface area contributed by atoms with E-state index < -0.39 is 27.7 Å². The van der Waals surface area contributed by atoms with Crippen LogP contribution in [0.3, 0.4) is 0 Å². The minimum Gasteiger partial charge on any atom is -0.455 e. The van der Waals surface area contributed by atoms with Crippen LogP contribution in [0.1, 0.15) is 38.5 Å². The van der Waals surface area contributed by atoms with Crippen molar-refractivity contribution in [3.63, 3.8) is 0 Å². The predicted molar refractivity (Wildman–Crippen MR) is 104 cm³/mol. The maximum atomic E-state index is 13.0. The molecule has 0 spiro atoms. The van der Waals surface area contributed by atoms with E-state index in [1.165, 1.54) is 16.4 Å². The number of carbonyl (C=O) groups is 2. The number of rotatable bonds is 5. The van der Waals surface area contributed by atoms with Crippen molar-refractivity contribution < 1.29 is 27.1 Å². The Hall–Kier alpha value is -2.00. The van der Waals surface area contributed by atoms with Crippen molar-refractivity contribution in [2.45, 2.75) is 43.4 Å². The van der Waals surface area contributed by atoms with Gasteiger partial charge in [-0.3, -0.25) is 9.59 Å². The fourth-order valence-corrected chi connectivity index (χ4v) is 5.22. The largest absolute Gasteiger partial charge is 0.455 e. The average molecular weight is 427 g/mol. The molecule has 0 N–H and O–H groups in total. The first-order valence-corrected chi connectivity index (χ1v) is 11.5. The van der Waals surface area contributed by atoms with Crippen LogP contribution < -0.4 is 0 Å². The summed E-state index contributed by atoms with van der Waals surface area (Å²) in [5, 5.41) is 0. The third-order valence-electron chi connectivity index (χ3n) is 5.54. The Labute approximate surface area is 170 Å². The van der Waals surface area contributed by atoms with Crippen molar-refractivity contribution in [3.8, 4) is 0 Å². The Morgan fingerprint density at radius 2 is 1.55 bits per heavy atom. The normalized spacial score (nSPS) is 19.6. The second kappa shape index (κ2) is 9.67. The molecule has 2 fully saturated rings. The highest BCUT2D eigenvalue weighted by Crippen LogP contribution is 2.25. The summed E-state index contributed by atoms with van der Waals surface area (Å²) < 4.78 is 44.8. The average Bonchev–Trinajstić information content (AvgIpc) is 3.02. The molecule has 1 aromatic carbocycles. The van der Waals surface area contributed by atoms with E-state index >= 15 is 0 Å². The zero-order valence-electron chi connectivity index (χ0n) is 16.4. The van der Waals surface area contributed by atoms with Gasteiger partial charge >= 0.3 is 5.97 Å². The van der Waals surface area contributed by atoms with Crippen LogP contribution in [0.4, 0.5) is 4.39 Å². The molecule has 2 aliphatic rings. The van der Waals surface area contributed by atoms with Crippen molar-refractivity contribution >= 4 is 21.9 Å².